The molecule has 0 unspecified atom stereocenters. The van der Waals surface area contributed by atoms with Crippen LogP contribution in [-0.4, -0.2) is 41.9 Å². The Balaban J connectivity index is 2.17. The first kappa shape index (κ1) is 21.3. The molecule has 0 fully saturated rings. The number of carbonyl (C=O) groups excluding carboxylic acids is 2. The number of amides is 2. The van der Waals surface area contributed by atoms with Gasteiger partial charge in [-0.3, -0.25) is 9.59 Å². The van der Waals surface area contributed by atoms with Crippen LogP contribution in [0.1, 0.15) is 41.3 Å². The second-order valence-electron chi connectivity index (χ2n) is 6.34. The van der Waals surface area contributed by atoms with Crippen molar-refractivity contribution >= 4 is 23.3 Å². The highest BCUT2D eigenvalue weighted by Gasteiger charge is 2.16. The fraction of sp³-hybridized carbons (Fsp3) is 0.400. The summed E-state index contributed by atoms with van der Waals surface area (Å²) in [6.45, 7) is 4.81. The van der Waals surface area contributed by atoms with Crippen LogP contribution in [0.4, 0.5) is 11.5 Å². The van der Waals surface area contributed by atoms with Crippen LogP contribution in [0.5, 0.6) is 0 Å². The Morgan fingerprint density at radius 3 is 2.46 bits per heavy atom. The van der Waals surface area contributed by atoms with Crippen molar-refractivity contribution in [2.75, 3.05) is 25.5 Å². The van der Waals surface area contributed by atoms with Gasteiger partial charge in [-0.05, 0) is 44.0 Å². The zero-order valence-electron chi connectivity index (χ0n) is 16.6. The molecule has 0 bridgehead atoms. The first-order valence-electron chi connectivity index (χ1n) is 9.45. The van der Waals surface area contributed by atoms with E-state index in [1.807, 2.05) is 38.1 Å². The molecule has 8 nitrogen and oxygen atoms in total. The van der Waals surface area contributed by atoms with Crippen LogP contribution < -0.4 is 21.7 Å². The van der Waals surface area contributed by atoms with Crippen molar-refractivity contribution in [2.24, 2.45) is 5.73 Å². The van der Waals surface area contributed by atoms with Crippen molar-refractivity contribution in [3.8, 4) is 0 Å². The minimum atomic E-state index is -0.615. The number of nitrogens with one attached hydrogen (secondary N) is 3. The Hall–Kier alpha value is -3.00. The molecule has 8 heteroatoms. The maximum absolute atomic E-state index is 11.8. The standard InChI is InChI=1S/C20H28N6O2/c1-4-15-16(5-2)26-20(18(25-15)19(21)28)24-14-8-6-7-13(11-14)9-10-23-17(27)12-22-3/h6-8,11,22H,4-5,9-10,12H2,1-3H3,(H2,21,28)(H,23,27)(H,24,26). The number of carbonyl (C=O) groups is 2. The second-order valence-corrected chi connectivity index (χ2v) is 6.34. The molecule has 0 aliphatic carbocycles. The van der Waals surface area contributed by atoms with Gasteiger partial charge in [-0.25, -0.2) is 9.97 Å². The Kier molecular flexibility index (Phi) is 7.88. The van der Waals surface area contributed by atoms with Gasteiger partial charge in [-0.1, -0.05) is 26.0 Å². The fourth-order valence-corrected chi connectivity index (χ4v) is 2.84. The Bertz CT molecular complexity index is 837. The van der Waals surface area contributed by atoms with Gasteiger partial charge in [0, 0.05) is 12.2 Å². The van der Waals surface area contributed by atoms with E-state index in [2.05, 4.69) is 25.9 Å². The fourth-order valence-electron chi connectivity index (χ4n) is 2.84. The average molecular weight is 384 g/mol. The first-order chi connectivity index (χ1) is 13.5. The number of primary amides is 1. The summed E-state index contributed by atoms with van der Waals surface area (Å²) in [6, 6.07) is 7.73. The number of nitrogens with two attached hydrogens (primary N) is 1. The molecule has 0 aliphatic heterocycles. The van der Waals surface area contributed by atoms with Crippen molar-refractivity contribution in [1.82, 2.24) is 20.6 Å². The van der Waals surface area contributed by atoms with Gasteiger partial charge in [-0.15, -0.1) is 0 Å². The molecular formula is C20H28N6O2. The minimum Gasteiger partial charge on any atom is -0.364 e. The Labute approximate surface area is 165 Å². The van der Waals surface area contributed by atoms with Crippen molar-refractivity contribution in [3.63, 3.8) is 0 Å². The van der Waals surface area contributed by atoms with E-state index < -0.39 is 5.91 Å². The summed E-state index contributed by atoms with van der Waals surface area (Å²) in [6.07, 6.45) is 2.09. The van der Waals surface area contributed by atoms with Crippen molar-refractivity contribution in [3.05, 3.63) is 46.9 Å². The van der Waals surface area contributed by atoms with Crippen LogP contribution in [0.25, 0.3) is 0 Å². The molecule has 150 valence electrons. The van der Waals surface area contributed by atoms with Gasteiger partial charge >= 0.3 is 0 Å². The highest BCUT2D eigenvalue weighted by Crippen LogP contribution is 2.21. The quantitative estimate of drug-likeness (QED) is 0.490. The molecule has 1 aromatic heterocycles. The van der Waals surface area contributed by atoms with E-state index in [9.17, 15) is 9.59 Å². The van der Waals surface area contributed by atoms with Crippen LogP contribution in [0.3, 0.4) is 0 Å². The molecule has 0 spiro atoms. The molecular weight excluding hydrogens is 356 g/mol. The molecule has 0 aliphatic rings. The van der Waals surface area contributed by atoms with Crippen molar-refractivity contribution < 1.29 is 9.59 Å². The number of hydrogen-bond donors (Lipinski definition) is 4. The Morgan fingerprint density at radius 1 is 1.11 bits per heavy atom. The summed E-state index contributed by atoms with van der Waals surface area (Å²) in [5.41, 5.74) is 9.10. The molecule has 2 rings (SSSR count). The molecule has 1 aromatic carbocycles. The SMILES string of the molecule is CCc1nc(Nc2cccc(CCNC(=O)CNC)c2)c(C(N)=O)nc1CC. The Morgan fingerprint density at radius 2 is 1.82 bits per heavy atom. The number of aryl methyl sites for hydroxylation is 2. The summed E-state index contributed by atoms with van der Waals surface area (Å²) < 4.78 is 0. The van der Waals surface area contributed by atoms with Crippen LogP contribution in [-0.2, 0) is 24.1 Å². The third-order valence-electron chi connectivity index (χ3n) is 4.22. The number of hydrogen-bond acceptors (Lipinski definition) is 6. The van der Waals surface area contributed by atoms with E-state index in [-0.39, 0.29) is 11.6 Å². The number of anilines is 2. The van der Waals surface area contributed by atoms with Gasteiger partial charge < -0.3 is 21.7 Å². The van der Waals surface area contributed by atoms with E-state index >= 15 is 0 Å². The summed E-state index contributed by atoms with van der Waals surface area (Å²) >= 11 is 0. The normalized spacial score (nSPS) is 10.5. The summed E-state index contributed by atoms with van der Waals surface area (Å²) in [5, 5.41) is 8.83. The van der Waals surface area contributed by atoms with Gasteiger partial charge in [0.05, 0.1) is 17.9 Å². The summed E-state index contributed by atoms with van der Waals surface area (Å²) in [5.74, 6) is -0.293. The molecule has 0 saturated carbocycles. The van der Waals surface area contributed by atoms with Crippen molar-refractivity contribution in [1.29, 1.82) is 0 Å². The van der Waals surface area contributed by atoms with Crippen LogP contribution in [0, 0.1) is 0 Å². The largest absolute Gasteiger partial charge is 0.364 e. The summed E-state index contributed by atoms with van der Waals surface area (Å²) in [4.78, 5) is 32.3. The van der Waals surface area contributed by atoms with Crippen molar-refractivity contribution in [2.45, 2.75) is 33.1 Å². The molecule has 1 heterocycles. The molecule has 5 N–H and O–H groups in total. The van der Waals surface area contributed by atoms with E-state index in [1.54, 1.807) is 7.05 Å². The highest BCUT2D eigenvalue weighted by molar-refractivity contribution is 5.96. The molecule has 0 radical (unpaired) electrons. The molecule has 0 saturated heterocycles. The summed E-state index contributed by atoms with van der Waals surface area (Å²) in [7, 11) is 1.73. The van der Waals surface area contributed by atoms with Gasteiger partial charge in [0.2, 0.25) is 5.91 Å². The monoisotopic (exact) mass is 384 g/mol. The molecule has 2 amide bonds. The van der Waals surface area contributed by atoms with Gasteiger partial charge in [0.25, 0.3) is 5.91 Å². The van der Waals surface area contributed by atoms with E-state index in [0.717, 1.165) is 29.1 Å². The lowest BCUT2D eigenvalue weighted by Gasteiger charge is -2.14. The van der Waals surface area contributed by atoms with Crippen LogP contribution >= 0.6 is 0 Å². The first-order valence-corrected chi connectivity index (χ1v) is 9.45. The maximum atomic E-state index is 11.8. The maximum Gasteiger partial charge on any atom is 0.271 e. The number of rotatable bonds is 10. The minimum absolute atomic E-state index is 0.0405. The second kappa shape index (κ2) is 10.4. The lowest BCUT2D eigenvalue weighted by Crippen LogP contribution is -2.33. The average Bonchev–Trinajstić information content (AvgIpc) is 2.68. The van der Waals surface area contributed by atoms with Crippen LogP contribution in [0.15, 0.2) is 24.3 Å². The lowest BCUT2D eigenvalue weighted by molar-refractivity contribution is -0.120. The number of nitrogens with zero attached hydrogens (tertiary/aromatic N) is 2. The van der Waals surface area contributed by atoms with Gasteiger partial charge in [-0.2, -0.15) is 0 Å². The zero-order valence-corrected chi connectivity index (χ0v) is 16.6. The predicted molar refractivity (Wildman–Crippen MR) is 110 cm³/mol. The topological polar surface area (TPSA) is 122 Å². The zero-order chi connectivity index (χ0) is 20.5. The lowest BCUT2D eigenvalue weighted by atomic mass is 10.1. The predicted octanol–water partition coefficient (Wildman–Crippen LogP) is 1.32. The third-order valence-corrected chi connectivity index (χ3v) is 4.22. The van der Waals surface area contributed by atoms with E-state index in [0.29, 0.717) is 31.7 Å². The van der Waals surface area contributed by atoms with E-state index in [4.69, 9.17) is 5.73 Å². The molecule has 2 aromatic rings. The van der Waals surface area contributed by atoms with Gasteiger partial charge in [0.1, 0.15) is 0 Å². The number of aromatic nitrogens is 2. The molecule has 28 heavy (non-hydrogen) atoms. The highest BCUT2D eigenvalue weighted by atomic mass is 16.2. The number of likely N-dealkylation sites (N-methyl/N-ethyl adjacent to an activating group) is 1. The van der Waals surface area contributed by atoms with Crippen LogP contribution in [0.2, 0.25) is 0 Å². The third kappa shape index (κ3) is 5.75. The molecule has 0 atom stereocenters. The van der Waals surface area contributed by atoms with Gasteiger partial charge in [0.15, 0.2) is 11.5 Å². The number of benzene rings is 1. The smallest absolute Gasteiger partial charge is 0.271 e. The van der Waals surface area contributed by atoms with E-state index in [1.165, 1.54) is 0 Å².